The van der Waals surface area contributed by atoms with Crippen molar-refractivity contribution < 1.29 is 4.79 Å². The summed E-state index contributed by atoms with van der Waals surface area (Å²) in [7, 11) is 0. The van der Waals surface area contributed by atoms with Crippen LogP contribution in [0.5, 0.6) is 0 Å². The highest BCUT2D eigenvalue weighted by Crippen LogP contribution is 1.96. The van der Waals surface area contributed by atoms with E-state index in [1.165, 1.54) is 0 Å². The van der Waals surface area contributed by atoms with Gasteiger partial charge in [0.15, 0.2) is 0 Å². The largest absolute Gasteiger partial charge is 0.268 e. The maximum Gasteiger partial charge on any atom is 0.263 e. The Morgan fingerprint density at radius 2 is 2.13 bits per heavy atom. The fourth-order valence-corrected chi connectivity index (χ4v) is 0.822. The van der Waals surface area contributed by atoms with Crippen LogP contribution in [0.4, 0.5) is 0 Å². The number of hydrogen-bond donors (Lipinski definition) is 1. The van der Waals surface area contributed by atoms with Crippen molar-refractivity contribution in [1.82, 2.24) is 5.43 Å². The van der Waals surface area contributed by atoms with E-state index in [4.69, 9.17) is 0 Å². The van der Waals surface area contributed by atoms with Crippen molar-refractivity contribution in [2.45, 2.75) is 47.0 Å². The summed E-state index contributed by atoms with van der Waals surface area (Å²) >= 11 is 0. The van der Waals surface area contributed by atoms with Crippen LogP contribution >= 0.6 is 0 Å². The van der Waals surface area contributed by atoms with E-state index in [0.717, 1.165) is 25.0 Å². The molecule has 0 atom stereocenters. The molecule has 86 valence electrons. The van der Waals surface area contributed by atoms with Gasteiger partial charge in [-0.15, -0.1) is 0 Å². The van der Waals surface area contributed by atoms with Crippen LogP contribution in [0.15, 0.2) is 17.3 Å². The molecule has 0 bridgehead atoms. The highest BCUT2D eigenvalue weighted by Gasteiger charge is 1.98. The van der Waals surface area contributed by atoms with Crippen molar-refractivity contribution in [2.75, 3.05) is 0 Å². The Morgan fingerprint density at radius 3 is 2.67 bits per heavy atom. The molecule has 1 N–H and O–H groups in total. The van der Waals surface area contributed by atoms with E-state index in [2.05, 4.69) is 17.5 Å². The Kier molecular flexibility index (Phi) is 7.60. The molecule has 0 saturated carbocycles. The predicted octanol–water partition coefficient (Wildman–Crippen LogP) is 2.88. The van der Waals surface area contributed by atoms with Gasteiger partial charge in [-0.3, -0.25) is 4.79 Å². The van der Waals surface area contributed by atoms with Crippen LogP contribution in [-0.2, 0) is 4.79 Å². The Hall–Kier alpha value is -1.12. The van der Waals surface area contributed by atoms with Gasteiger partial charge in [0, 0.05) is 11.8 Å². The van der Waals surface area contributed by atoms with E-state index < -0.39 is 0 Å². The molecule has 0 aliphatic carbocycles. The van der Waals surface area contributed by atoms with E-state index in [9.17, 15) is 4.79 Å². The van der Waals surface area contributed by atoms with Crippen molar-refractivity contribution in [3.63, 3.8) is 0 Å². The molecule has 0 aromatic rings. The molecule has 0 aliphatic rings. The lowest BCUT2D eigenvalue weighted by atomic mass is 10.1. The topological polar surface area (TPSA) is 41.5 Å². The van der Waals surface area contributed by atoms with Gasteiger partial charge in [0.25, 0.3) is 5.91 Å². The summed E-state index contributed by atoms with van der Waals surface area (Å²) in [6.07, 6.45) is 6.66. The van der Waals surface area contributed by atoms with Crippen LogP contribution < -0.4 is 5.43 Å². The lowest BCUT2D eigenvalue weighted by Crippen LogP contribution is -2.17. The monoisotopic (exact) mass is 210 g/mol. The molecule has 15 heavy (non-hydrogen) atoms. The molecule has 0 radical (unpaired) electrons. The fraction of sp³-hybridized carbons (Fsp3) is 0.667. The van der Waals surface area contributed by atoms with Crippen molar-refractivity contribution >= 4 is 11.6 Å². The minimum absolute atomic E-state index is 0.147. The number of nitrogens with one attached hydrogen (secondary N) is 1. The summed E-state index contributed by atoms with van der Waals surface area (Å²) < 4.78 is 0. The number of rotatable bonds is 6. The summed E-state index contributed by atoms with van der Waals surface area (Å²) in [6.45, 7) is 8.13. The van der Waals surface area contributed by atoms with E-state index in [1.807, 2.05) is 26.8 Å². The average Bonchev–Trinajstić information content (AvgIpc) is 2.20. The SMILES string of the molecule is CCCC/C=C/C(=O)N/N=C(/C)C(C)C. The lowest BCUT2D eigenvalue weighted by Gasteiger charge is -2.02. The normalized spacial score (nSPS) is 12.5. The van der Waals surface area contributed by atoms with E-state index in [-0.39, 0.29) is 5.91 Å². The molecule has 0 saturated heterocycles. The molecule has 3 heteroatoms. The summed E-state index contributed by atoms with van der Waals surface area (Å²) in [5.74, 6) is 0.223. The third-order valence-corrected chi connectivity index (χ3v) is 2.17. The minimum atomic E-state index is -0.147. The van der Waals surface area contributed by atoms with Crippen molar-refractivity contribution in [1.29, 1.82) is 0 Å². The van der Waals surface area contributed by atoms with E-state index in [0.29, 0.717) is 5.92 Å². The average molecular weight is 210 g/mol. The molecular weight excluding hydrogens is 188 g/mol. The Morgan fingerprint density at radius 1 is 1.47 bits per heavy atom. The van der Waals surface area contributed by atoms with Gasteiger partial charge < -0.3 is 0 Å². The molecule has 0 spiro atoms. The van der Waals surface area contributed by atoms with Crippen LogP contribution in [0.3, 0.4) is 0 Å². The van der Waals surface area contributed by atoms with Gasteiger partial charge in [-0.25, -0.2) is 5.43 Å². The molecule has 0 fully saturated rings. The Balaban J connectivity index is 3.84. The van der Waals surface area contributed by atoms with Crippen LogP contribution in [0.1, 0.15) is 47.0 Å². The molecular formula is C12H22N2O. The second-order valence-electron chi connectivity index (χ2n) is 3.93. The Bertz CT molecular complexity index is 242. The number of nitrogens with zero attached hydrogens (tertiary/aromatic N) is 1. The molecule has 0 aromatic carbocycles. The van der Waals surface area contributed by atoms with Gasteiger partial charge in [0.05, 0.1) is 0 Å². The number of allylic oxidation sites excluding steroid dienone is 1. The number of hydrogen-bond acceptors (Lipinski definition) is 2. The molecule has 0 aromatic heterocycles. The molecule has 3 nitrogen and oxygen atoms in total. The third kappa shape index (κ3) is 7.91. The summed E-state index contributed by atoms with van der Waals surface area (Å²) in [4.78, 5) is 11.2. The van der Waals surface area contributed by atoms with Crippen LogP contribution in [0.25, 0.3) is 0 Å². The highest BCUT2D eigenvalue weighted by molar-refractivity contribution is 5.90. The first-order valence-electron chi connectivity index (χ1n) is 5.58. The van der Waals surface area contributed by atoms with Crippen LogP contribution in [-0.4, -0.2) is 11.6 Å². The van der Waals surface area contributed by atoms with Crippen molar-refractivity contribution in [3.05, 3.63) is 12.2 Å². The minimum Gasteiger partial charge on any atom is -0.268 e. The number of carbonyl (C=O) groups is 1. The second kappa shape index (κ2) is 8.21. The number of carbonyl (C=O) groups excluding carboxylic acids is 1. The van der Waals surface area contributed by atoms with Crippen molar-refractivity contribution in [3.8, 4) is 0 Å². The van der Waals surface area contributed by atoms with Crippen LogP contribution in [0.2, 0.25) is 0 Å². The quantitative estimate of drug-likeness (QED) is 0.311. The van der Waals surface area contributed by atoms with Gasteiger partial charge in [-0.05, 0) is 19.3 Å². The zero-order chi connectivity index (χ0) is 11.7. The summed E-state index contributed by atoms with van der Waals surface area (Å²) in [5, 5.41) is 3.99. The fourth-order valence-electron chi connectivity index (χ4n) is 0.822. The van der Waals surface area contributed by atoms with Crippen molar-refractivity contribution in [2.24, 2.45) is 11.0 Å². The molecule has 0 unspecified atom stereocenters. The summed E-state index contributed by atoms with van der Waals surface area (Å²) in [6, 6.07) is 0. The highest BCUT2D eigenvalue weighted by atomic mass is 16.2. The third-order valence-electron chi connectivity index (χ3n) is 2.17. The van der Waals surface area contributed by atoms with Gasteiger partial charge in [0.2, 0.25) is 0 Å². The lowest BCUT2D eigenvalue weighted by molar-refractivity contribution is -0.116. The van der Waals surface area contributed by atoms with Gasteiger partial charge in [0.1, 0.15) is 0 Å². The van der Waals surface area contributed by atoms with E-state index >= 15 is 0 Å². The maximum atomic E-state index is 11.2. The van der Waals surface area contributed by atoms with Gasteiger partial charge in [-0.1, -0.05) is 39.7 Å². The molecule has 0 aliphatic heterocycles. The van der Waals surface area contributed by atoms with Crippen LogP contribution in [0, 0.1) is 5.92 Å². The smallest absolute Gasteiger partial charge is 0.263 e. The first-order chi connectivity index (χ1) is 7.07. The molecule has 1 amide bonds. The first-order valence-corrected chi connectivity index (χ1v) is 5.58. The van der Waals surface area contributed by atoms with Gasteiger partial charge >= 0.3 is 0 Å². The zero-order valence-electron chi connectivity index (χ0n) is 10.2. The first kappa shape index (κ1) is 13.9. The maximum absolute atomic E-state index is 11.2. The predicted molar refractivity (Wildman–Crippen MR) is 64.8 cm³/mol. The zero-order valence-corrected chi connectivity index (χ0v) is 10.2. The number of unbranched alkanes of at least 4 members (excludes halogenated alkanes) is 2. The van der Waals surface area contributed by atoms with Gasteiger partial charge in [-0.2, -0.15) is 5.10 Å². The summed E-state index contributed by atoms with van der Waals surface area (Å²) in [5.41, 5.74) is 3.44. The second-order valence-corrected chi connectivity index (χ2v) is 3.93. The molecule has 0 heterocycles. The standard InChI is InChI=1S/C12H22N2O/c1-5-6-7-8-9-12(15)14-13-11(4)10(2)3/h8-10H,5-7H2,1-4H3,(H,14,15)/b9-8+,13-11-. The number of hydrazone groups is 1. The Labute approximate surface area is 92.6 Å². The number of amides is 1. The molecule has 0 rings (SSSR count). The van der Waals surface area contributed by atoms with E-state index in [1.54, 1.807) is 6.08 Å².